The molecule has 0 unspecified atom stereocenters. The number of carbonyl (C=O) groups is 1. The van der Waals surface area contributed by atoms with Gasteiger partial charge in [-0.2, -0.15) is 13.2 Å². The van der Waals surface area contributed by atoms with Gasteiger partial charge < -0.3 is 0 Å². The van der Waals surface area contributed by atoms with Crippen LogP contribution in [0.5, 0.6) is 0 Å². The molecule has 1 nitrogen and oxygen atoms in total. The van der Waals surface area contributed by atoms with Crippen molar-refractivity contribution in [1.82, 2.24) is 0 Å². The second kappa shape index (κ2) is 5.78. The van der Waals surface area contributed by atoms with Gasteiger partial charge in [-0.3, -0.25) is 4.79 Å². The number of rotatable bonds is 6. The van der Waals surface area contributed by atoms with Gasteiger partial charge in [0.05, 0.1) is 0 Å². The van der Waals surface area contributed by atoms with Gasteiger partial charge in [0.2, 0.25) is 5.78 Å². The van der Waals surface area contributed by atoms with E-state index in [0.717, 1.165) is 12.8 Å². The lowest BCUT2D eigenvalue weighted by Gasteiger charge is -2.03. The Balaban J connectivity index is 3.43. The molecule has 0 aromatic heterocycles. The molecule has 0 rings (SSSR count). The fourth-order valence-corrected chi connectivity index (χ4v) is 0.893. The topological polar surface area (TPSA) is 17.1 Å². The molecule has 0 saturated heterocycles. The van der Waals surface area contributed by atoms with Gasteiger partial charge in [-0.15, -0.1) is 6.58 Å². The van der Waals surface area contributed by atoms with Crippen molar-refractivity contribution in [3.05, 3.63) is 12.7 Å². The number of hydrogen-bond donors (Lipinski definition) is 0. The van der Waals surface area contributed by atoms with Crippen LogP contribution in [0.3, 0.4) is 0 Å². The van der Waals surface area contributed by atoms with Crippen molar-refractivity contribution in [2.45, 2.75) is 38.3 Å². The highest BCUT2D eigenvalue weighted by atomic mass is 19.4. The third kappa shape index (κ3) is 6.37. The third-order valence-electron chi connectivity index (χ3n) is 1.63. The molecule has 0 radical (unpaired) electrons. The van der Waals surface area contributed by atoms with Crippen molar-refractivity contribution < 1.29 is 18.0 Å². The molecule has 4 heteroatoms. The van der Waals surface area contributed by atoms with Gasteiger partial charge in [0.25, 0.3) is 0 Å². The summed E-state index contributed by atoms with van der Waals surface area (Å²) in [6, 6.07) is 0. The van der Waals surface area contributed by atoms with Gasteiger partial charge in [-0.1, -0.05) is 12.5 Å². The highest BCUT2D eigenvalue weighted by Crippen LogP contribution is 2.19. The predicted octanol–water partition coefficient (Wildman–Crippen LogP) is 3.25. The normalized spacial score (nSPS) is 11.3. The Morgan fingerprint density at radius 3 is 2.31 bits per heavy atom. The lowest BCUT2D eigenvalue weighted by Crippen LogP contribution is -2.22. The summed E-state index contributed by atoms with van der Waals surface area (Å²) < 4.78 is 35.0. The third-order valence-corrected chi connectivity index (χ3v) is 1.63. The molecule has 76 valence electrons. The van der Waals surface area contributed by atoms with Crippen molar-refractivity contribution in [2.24, 2.45) is 0 Å². The van der Waals surface area contributed by atoms with Crippen LogP contribution >= 0.6 is 0 Å². The summed E-state index contributed by atoms with van der Waals surface area (Å²) in [5, 5.41) is 0. The predicted molar refractivity (Wildman–Crippen MR) is 44.3 cm³/mol. The van der Waals surface area contributed by atoms with Crippen LogP contribution in [-0.2, 0) is 4.79 Å². The van der Waals surface area contributed by atoms with Crippen LogP contribution < -0.4 is 0 Å². The summed E-state index contributed by atoms with van der Waals surface area (Å²) in [5.41, 5.74) is 0. The molecule has 0 spiro atoms. The van der Waals surface area contributed by atoms with E-state index in [-0.39, 0.29) is 6.42 Å². The number of ketones is 1. The van der Waals surface area contributed by atoms with E-state index in [1.807, 2.05) is 0 Å². The highest BCUT2D eigenvalue weighted by Gasteiger charge is 2.36. The van der Waals surface area contributed by atoms with Crippen LogP contribution in [0.4, 0.5) is 13.2 Å². The molecule has 0 aromatic rings. The van der Waals surface area contributed by atoms with E-state index >= 15 is 0 Å². The standard InChI is InChI=1S/C9H13F3O/c1-2-3-4-5-6-7-8(13)9(10,11)12/h2H,1,3-7H2. The molecule has 13 heavy (non-hydrogen) atoms. The van der Waals surface area contributed by atoms with Crippen molar-refractivity contribution in [1.29, 1.82) is 0 Å². The molecule has 0 aliphatic rings. The van der Waals surface area contributed by atoms with Crippen LogP contribution in [0.25, 0.3) is 0 Å². The molecule has 0 aliphatic carbocycles. The minimum absolute atomic E-state index is 0.312. The summed E-state index contributed by atoms with van der Waals surface area (Å²) in [6.07, 6.45) is -0.778. The quantitative estimate of drug-likeness (QED) is 0.468. The van der Waals surface area contributed by atoms with Crippen LogP contribution in [0.15, 0.2) is 12.7 Å². The first kappa shape index (κ1) is 12.2. The number of alkyl halides is 3. The lowest BCUT2D eigenvalue weighted by atomic mass is 10.1. The van der Waals surface area contributed by atoms with Gasteiger partial charge in [0.15, 0.2) is 0 Å². The smallest absolute Gasteiger partial charge is 0.290 e. The minimum Gasteiger partial charge on any atom is -0.290 e. The number of halogens is 3. The number of allylic oxidation sites excluding steroid dienone is 1. The van der Waals surface area contributed by atoms with E-state index in [1.54, 1.807) is 6.08 Å². The maximum Gasteiger partial charge on any atom is 0.449 e. The van der Waals surface area contributed by atoms with E-state index in [1.165, 1.54) is 0 Å². The molecule has 0 saturated carbocycles. The molecule has 0 aromatic carbocycles. The van der Waals surface area contributed by atoms with Gasteiger partial charge in [-0.25, -0.2) is 0 Å². The molecule has 0 fully saturated rings. The molecular weight excluding hydrogens is 181 g/mol. The van der Waals surface area contributed by atoms with Crippen LogP contribution in [0, 0.1) is 0 Å². The second-order valence-electron chi connectivity index (χ2n) is 2.81. The summed E-state index contributed by atoms with van der Waals surface area (Å²) in [5.74, 6) is -1.62. The van der Waals surface area contributed by atoms with E-state index in [4.69, 9.17) is 0 Å². The van der Waals surface area contributed by atoms with Crippen LogP contribution in [0.2, 0.25) is 0 Å². The number of hydrogen-bond acceptors (Lipinski definition) is 1. The molecular formula is C9H13F3O. The average Bonchev–Trinajstić information content (AvgIpc) is 2.02. The van der Waals surface area contributed by atoms with Crippen molar-refractivity contribution in [2.75, 3.05) is 0 Å². The molecule has 0 atom stereocenters. The van der Waals surface area contributed by atoms with E-state index in [9.17, 15) is 18.0 Å². The fourth-order valence-electron chi connectivity index (χ4n) is 0.893. The Bertz CT molecular complexity index is 172. The summed E-state index contributed by atoms with van der Waals surface area (Å²) in [7, 11) is 0. The average molecular weight is 194 g/mol. The Morgan fingerprint density at radius 1 is 1.23 bits per heavy atom. The molecule has 0 aliphatic heterocycles. The minimum atomic E-state index is -4.65. The first-order chi connectivity index (χ1) is 5.98. The van der Waals surface area contributed by atoms with Gasteiger partial charge in [0.1, 0.15) is 0 Å². The van der Waals surface area contributed by atoms with Crippen LogP contribution in [-0.4, -0.2) is 12.0 Å². The molecule has 0 heterocycles. The van der Waals surface area contributed by atoms with Crippen molar-refractivity contribution in [3.63, 3.8) is 0 Å². The Kier molecular flexibility index (Phi) is 5.42. The largest absolute Gasteiger partial charge is 0.449 e. The second-order valence-corrected chi connectivity index (χ2v) is 2.81. The molecule has 0 bridgehead atoms. The zero-order valence-corrected chi connectivity index (χ0v) is 7.36. The van der Waals surface area contributed by atoms with E-state index < -0.39 is 12.0 Å². The van der Waals surface area contributed by atoms with Gasteiger partial charge in [-0.05, 0) is 19.3 Å². The van der Waals surface area contributed by atoms with Gasteiger partial charge >= 0.3 is 6.18 Å². The number of Topliss-reactive ketones (excluding diaryl/α,β-unsaturated/α-hetero) is 1. The first-order valence-electron chi connectivity index (χ1n) is 4.19. The zero-order chi connectivity index (χ0) is 10.3. The maximum atomic E-state index is 11.7. The lowest BCUT2D eigenvalue weighted by molar-refractivity contribution is -0.171. The van der Waals surface area contributed by atoms with Crippen LogP contribution in [0.1, 0.15) is 32.1 Å². The molecule has 0 N–H and O–H groups in total. The summed E-state index contributed by atoms with van der Waals surface area (Å²) in [4.78, 5) is 10.4. The van der Waals surface area contributed by atoms with E-state index in [2.05, 4.69) is 6.58 Å². The maximum absolute atomic E-state index is 11.7. The monoisotopic (exact) mass is 194 g/mol. The Morgan fingerprint density at radius 2 is 1.85 bits per heavy atom. The summed E-state index contributed by atoms with van der Waals surface area (Å²) in [6.45, 7) is 3.49. The van der Waals surface area contributed by atoms with Gasteiger partial charge in [0, 0.05) is 6.42 Å². The summed E-state index contributed by atoms with van der Waals surface area (Å²) >= 11 is 0. The Labute approximate surface area is 75.6 Å². The van der Waals surface area contributed by atoms with Crippen molar-refractivity contribution >= 4 is 5.78 Å². The fraction of sp³-hybridized carbons (Fsp3) is 0.667. The molecule has 0 amide bonds. The zero-order valence-electron chi connectivity index (χ0n) is 7.36. The van der Waals surface area contributed by atoms with E-state index in [0.29, 0.717) is 12.8 Å². The Hall–Kier alpha value is -0.800. The van der Waals surface area contributed by atoms with Crippen molar-refractivity contribution in [3.8, 4) is 0 Å². The first-order valence-corrected chi connectivity index (χ1v) is 4.19. The SMILES string of the molecule is C=CCCCCCC(=O)C(F)(F)F. The number of carbonyl (C=O) groups excluding carboxylic acids is 1. The number of unbranched alkanes of at least 4 members (excludes halogenated alkanes) is 3. The highest BCUT2D eigenvalue weighted by molar-refractivity contribution is 5.83.